The Labute approximate surface area is 222 Å². The molecule has 1 aliphatic rings. The standard InChI is InChI=1S/C29H32N4O5/c1-34-29-28(37-19-24-15-9-4-10-16-24)27(36-18-23-13-7-3-8-14-23)26(33-21-30-31-32-33)25(38-29)20-35-17-22-11-5-2-6-12-22/h2-16,21,25-29H,17-20H2,1H3/t25-,26+,27+,28-,29+/m1/s1. The summed E-state index contributed by atoms with van der Waals surface area (Å²) >= 11 is 0. The van der Waals surface area contributed by atoms with Crippen molar-refractivity contribution in [3.63, 3.8) is 0 Å². The number of rotatable bonds is 12. The van der Waals surface area contributed by atoms with E-state index in [-0.39, 0.29) is 6.61 Å². The van der Waals surface area contributed by atoms with Crippen molar-refractivity contribution in [3.8, 4) is 0 Å². The predicted octanol–water partition coefficient (Wildman–Crippen LogP) is 3.97. The Kier molecular flexibility index (Phi) is 9.20. The molecule has 0 spiro atoms. The van der Waals surface area contributed by atoms with Crippen molar-refractivity contribution in [1.29, 1.82) is 0 Å². The van der Waals surface area contributed by atoms with Crippen molar-refractivity contribution in [2.45, 2.75) is 50.5 Å². The average Bonchev–Trinajstić information content (AvgIpc) is 3.51. The van der Waals surface area contributed by atoms with Gasteiger partial charge in [-0.1, -0.05) is 91.0 Å². The van der Waals surface area contributed by atoms with Crippen LogP contribution in [0.15, 0.2) is 97.3 Å². The first kappa shape index (κ1) is 26.1. The average molecular weight is 517 g/mol. The Morgan fingerprint density at radius 1 is 0.737 bits per heavy atom. The highest BCUT2D eigenvalue weighted by Crippen LogP contribution is 2.35. The predicted molar refractivity (Wildman–Crippen MR) is 139 cm³/mol. The molecule has 198 valence electrons. The molecule has 0 N–H and O–H groups in total. The Balaban J connectivity index is 1.40. The van der Waals surface area contributed by atoms with E-state index in [1.54, 1.807) is 18.1 Å². The molecular weight excluding hydrogens is 484 g/mol. The second-order valence-electron chi connectivity index (χ2n) is 9.08. The molecule has 0 amide bonds. The van der Waals surface area contributed by atoms with Crippen molar-refractivity contribution < 1.29 is 23.7 Å². The lowest BCUT2D eigenvalue weighted by atomic mass is 9.95. The zero-order valence-corrected chi connectivity index (χ0v) is 21.3. The van der Waals surface area contributed by atoms with Crippen LogP contribution in [0.1, 0.15) is 22.7 Å². The molecule has 3 aromatic carbocycles. The zero-order chi connectivity index (χ0) is 26.0. The quantitative estimate of drug-likeness (QED) is 0.279. The summed E-state index contributed by atoms with van der Waals surface area (Å²) in [5, 5.41) is 12.0. The Morgan fingerprint density at radius 3 is 1.82 bits per heavy atom. The molecule has 1 saturated heterocycles. The van der Waals surface area contributed by atoms with Gasteiger partial charge >= 0.3 is 0 Å². The number of nitrogens with zero attached hydrogens (tertiary/aromatic N) is 4. The molecule has 1 aromatic heterocycles. The molecule has 5 rings (SSSR count). The van der Waals surface area contributed by atoms with E-state index in [1.165, 1.54) is 0 Å². The van der Waals surface area contributed by atoms with Crippen LogP contribution in [0.2, 0.25) is 0 Å². The van der Waals surface area contributed by atoms with E-state index in [0.29, 0.717) is 19.8 Å². The van der Waals surface area contributed by atoms with Crippen LogP contribution < -0.4 is 0 Å². The van der Waals surface area contributed by atoms with Crippen LogP contribution in [0.3, 0.4) is 0 Å². The van der Waals surface area contributed by atoms with Gasteiger partial charge < -0.3 is 23.7 Å². The van der Waals surface area contributed by atoms with E-state index in [9.17, 15) is 0 Å². The number of hydrogen-bond acceptors (Lipinski definition) is 8. The lowest BCUT2D eigenvalue weighted by molar-refractivity contribution is -0.302. The summed E-state index contributed by atoms with van der Waals surface area (Å²) in [6, 6.07) is 29.6. The summed E-state index contributed by atoms with van der Waals surface area (Å²) in [5.41, 5.74) is 3.16. The molecule has 1 aliphatic heterocycles. The topological polar surface area (TPSA) is 89.8 Å². The van der Waals surface area contributed by atoms with E-state index >= 15 is 0 Å². The third kappa shape index (κ3) is 6.69. The molecule has 5 atom stereocenters. The minimum atomic E-state index is -0.683. The van der Waals surface area contributed by atoms with Gasteiger partial charge in [-0.2, -0.15) is 0 Å². The molecule has 9 heteroatoms. The fourth-order valence-electron chi connectivity index (χ4n) is 4.61. The smallest absolute Gasteiger partial charge is 0.186 e. The van der Waals surface area contributed by atoms with Gasteiger partial charge in [-0.3, -0.25) is 0 Å². The molecule has 0 unspecified atom stereocenters. The highest BCUT2D eigenvalue weighted by Gasteiger charge is 2.49. The van der Waals surface area contributed by atoms with Gasteiger partial charge in [0.15, 0.2) is 6.29 Å². The summed E-state index contributed by atoms with van der Waals surface area (Å²) in [6.07, 6.45) is -0.615. The van der Waals surface area contributed by atoms with Gasteiger partial charge in [0.05, 0.1) is 26.4 Å². The van der Waals surface area contributed by atoms with Crippen LogP contribution in [0, 0.1) is 0 Å². The lowest BCUT2D eigenvalue weighted by Gasteiger charge is -2.45. The molecule has 1 fully saturated rings. The van der Waals surface area contributed by atoms with Gasteiger partial charge in [-0.05, 0) is 27.1 Å². The number of ether oxygens (including phenoxy) is 5. The fourth-order valence-corrected chi connectivity index (χ4v) is 4.61. The highest BCUT2D eigenvalue weighted by atomic mass is 16.7. The van der Waals surface area contributed by atoms with Crippen LogP contribution >= 0.6 is 0 Å². The van der Waals surface area contributed by atoms with E-state index in [0.717, 1.165) is 16.7 Å². The van der Waals surface area contributed by atoms with Crippen LogP contribution in [-0.2, 0) is 43.5 Å². The van der Waals surface area contributed by atoms with Crippen molar-refractivity contribution in [2.24, 2.45) is 0 Å². The zero-order valence-electron chi connectivity index (χ0n) is 21.3. The molecule has 38 heavy (non-hydrogen) atoms. The largest absolute Gasteiger partial charge is 0.374 e. The number of benzene rings is 3. The second-order valence-corrected chi connectivity index (χ2v) is 9.08. The normalized spacial score (nSPS) is 23.3. The first-order valence-electron chi connectivity index (χ1n) is 12.7. The number of methoxy groups -OCH3 is 1. The van der Waals surface area contributed by atoms with Crippen LogP contribution in [-0.4, -0.2) is 58.5 Å². The second kappa shape index (κ2) is 13.4. The van der Waals surface area contributed by atoms with Crippen LogP contribution in [0.5, 0.6) is 0 Å². The summed E-state index contributed by atoms with van der Waals surface area (Å²) < 4.78 is 33.0. The highest BCUT2D eigenvalue weighted by molar-refractivity contribution is 5.15. The van der Waals surface area contributed by atoms with Gasteiger partial charge in [0.25, 0.3) is 0 Å². The fraction of sp³-hybridized carbons (Fsp3) is 0.345. The molecule has 2 heterocycles. The number of tetrazole rings is 1. The van der Waals surface area contributed by atoms with Gasteiger partial charge in [0.1, 0.15) is 30.7 Å². The summed E-state index contributed by atoms with van der Waals surface area (Å²) in [7, 11) is 1.61. The molecule has 0 aliphatic carbocycles. The molecule has 0 bridgehead atoms. The third-order valence-electron chi connectivity index (χ3n) is 6.49. The van der Waals surface area contributed by atoms with E-state index < -0.39 is 30.6 Å². The van der Waals surface area contributed by atoms with Crippen molar-refractivity contribution in [1.82, 2.24) is 20.2 Å². The Bertz CT molecular complexity index is 1200. The maximum Gasteiger partial charge on any atom is 0.186 e. The molecular formula is C29H32N4O5. The van der Waals surface area contributed by atoms with E-state index in [4.69, 9.17) is 23.7 Å². The maximum absolute atomic E-state index is 6.58. The Hall–Kier alpha value is -3.47. The lowest BCUT2D eigenvalue weighted by Crippen LogP contribution is -2.58. The monoisotopic (exact) mass is 516 g/mol. The van der Waals surface area contributed by atoms with Gasteiger partial charge in [-0.25, -0.2) is 4.68 Å². The third-order valence-corrected chi connectivity index (χ3v) is 6.49. The molecule has 0 radical (unpaired) electrons. The van der Waals surface area contributed by atoms with Gasteiger partial charge in [-0.15, -0.1) is 5.10 Å². The minimum absolute atomic E-state index is 0.288. The first-order valence-corrected chi connectivity index (χ1v) is 12.7. The number of hydrogen-bond donors (Lipinski definition) is 0. The molecule has 4 aromatic rings. The van der Waals surface area contributed by atoms with Crippen molar-refractivity contribution in [3.05, 3.63) is 114 Å². The summed E-state index contributed by atoms with van der Waals surface area (Å²) in [5.74, 6) is 0. The SMILES string of the molecule is CO[C@H]1O[C@H](COCc2ccccc2)[C@H](n2cnnn2)[C@H](OCc2ccccc2)[C@H]1OCc1ccccc1. The van der Waals surface area contributed by atoms with Crippen molar-refractivity contribution in [2.75, 3.05) is 13.7 Å². The van der Waals surface area contributed by atoms with E-state index in [2.05, 4.69) is 15.5 Å². The molecule has 9 nitrogen and oxygen atoms in total. The molecule has 0 saturated carbocycles. The Morgan fingerprint density at radius 2 is 1.29 bits per heavy atom. The first-order chi connectivity index (χ1) is 18.8. The number of aromatic nitrogens is 4. The van der Waals surface area contributed by atoms with E-state index in [1.807, 2.05) is 91.0 Å². The van der Waals surface area contributed by atoms with Crippen LogP contribution in [0.4, 0.5) is 0 Å². The van der Waals surface area contributed by atoms with Crippen molar-refractivity contribution >= 4 is 0 Å². The van der Waals surface area contributed by atoms with Crippen LogP contribution in [0.25, 0.3) is 0 Å². The summed E-state index contributed by atoms with van der Waals surface area (Å²) in [6.45, 7) is 1.49. The minimum Gasteiger partial charge on any atom is -0.374 e. The maximum atomic E-state index is 6.58. The van der Waals surface area contributed by atoms with Gasteiger partial charge in [0.2, 0.25) is 0 Å². The summed E-state index contributed by atoms with van der Waals surface area (Å²) in [4.78, 5) is 0. The van der Waals surface area contributed by atoms with Gasteiger partial charge in [0, 0.05) is 7.11 Å².